The van der Waals surface area contributed by atoms with Crippen LogP contribution < -0.4 is 0 Å². The summed E-state index contributed by atoms with van der Waals surface area (Å²) in [6.45, 7) is 3.67. The molecule has 46 valence electrons. The Bertz CT molecular complexity index is 88.4. The Hall–Kier alpha value is 0.220. The maximum absolute atomic E-state index is 3.67. The van der Waals surface area contributed by atoms with Crippen molar-refractivity contribution in [3.8, 4) is 0 Å². The van der Waals surface area contributed by atoms with E-state index in [1.54, 1.807) is 0 Å². The van der Waals surface area contributed by atoms with Crippen molar-refractivity contribution >= 4 is 15.9 Å². The van der Waals surface area contributed by atoms with Crippen molar-refractivity contribution in [3.63, 3.8) is 0 Å². The summed E-state index contributed by atoms with van der Waals surface area (Å²) in [5.41, 5.74) is 0. The van der Waals surface area contributed by atoms with Gasteiger partial charge in [-0.05, 0) is 25.2 Å². The quantitative estimate of drug-likeness (QED) is 0.457. The van der Waals surface area contributed by atoms with Crippen LogP contribution in [0, 0.1) is 5.92 Å². The van der Waals surface area contributed by atoms with Crippen LogP contribution in [0.15, 0.2) is 12.7 Å². The maximum Gasteiger partial charge on any atom is 0.0177 e. The Kier molecular flexibility index (Phi) is 2.12. The molecule has 0 bridgehead atoms. The average molecular weight is 175 g/mol. The highest BCUT2D eigenvalue weighted by molar-refractivity contribution is 9.09. The zero-order valence-corrected chi connectivity index (χ0v) is 6.52. The van der Waals surface area contributed by atoms with Crippen molar-refractivity contribution in [1.82, 2.24) is 0 Å². The maximum atomic E-state index is 3.67. The lowest BCUT2D eigenvalue weighted by molar-refractivity contribution is 0.747. The van der Waals surface area contributed by atoms with Crippen LogP contribution in [0.25, 0.3) is 0 Å². The fourth-order valence-electron chi connectivity index (χ4n) is 0.841. The minimum Gasteiger partial charge on any atom is -0.103 e. The summed E-state index contributed by atoms with van der Waals surface area (Å²) in [6.07, 6.45) is 5.90. The van der Waals surface area contributed by atoms with Crippen LogP contribution in [0.2, 0.25) is 0 Å². The van der Waals surface area contributed by atoms with Gasteiger partial charge >= 0.3 is 0 Å². The second kappa shape index (κ2) is 2.67. The first-order chi connectivity index (χ1) is 3.84. The summed E-state index contributed by atoms with van der Waals surface area (Å²) in [6, 6.07) is 0. The topological polar surface area (TPSA) is 0 Å². The number of allylic oxidation sites excluding steroid dienone is 1. The standard InChI is InChI=1S/C7H11Br/c1-2-3-4-6-5-7(6)8/h2,6-7H,1,3-5H2. The third-order valence-electron chi connectivity index (χ3n) is 1.58. The van der Waals surface area contributed by atoms with Crippen LogP contribution in [-0.2, 0) is 0 Å². The van der Waals surface area contributed by atoms with Gasteiger partial charge in [-0.3, -0.25) is 0 Å². The van der Waals surface area contributed by atoms with E-state index in [0.717, 1.165) is 10.7 Å². The zero-order chi connectivity index (χ0) is 5.98. The van der Waals surface area contributed by atoms with Crippen molar-refractivity contribution in [2.45, 2.75) is 24.1 Å². The molecule has 0 aromatic rings. The fraction of sp³-hybridized carbons (Fsp3) is 0.714. The number of alkyl halides is 1. The van der Waals surface area contributed by atoms with Gasteiger partial charge in [0.05, 0.1) is 0 Å². The van der Waals surface area contributed by atoms with E-state index < -0.39 is 0 Å². The fourth-order valence-corrected chi connectivity index (χ4v) is 1.59. The Morgan fingerprint density at radius 2 is 2.38 bits per heavy atom. The lowest BCUT2D eigenvalue weighted by Crippen LogP contribution is -1.76. The molecule has 0 aliphatic heterocycles. The molecule has 8 heavy (non-hydrogen) atoms. The molecule has 1 aliphatic rings. The van der Waals surface area contributed by atoms with Gasteiger partial charge in [0.2, 0.25) is 0 Å². The van der Waals surface area contributed by atoms with Crippen molar-refractivity contribution in [1.29, 1.82) is 0 Å². The molecule has 0 spiro atoms. The molecule has 0 nitrogen and oxygen atoms in total. The number of hydrogen-bond donors (Lipinski definition) is 0. The Labute approximate surface area is 59.1 Å². The lowest BCUT2D eigenvalue weighted by Gasteiger charge is -1.87. The molecule has 1 aliphatic carbocycles. The summed E-state index contributed by atoms with van der Waals surface area (Å²) in [5.74, 6) is 0.966. The molecule has 0 aromatic carbocycles. The summed E-state index contributed by atoms with van der Waals surface area (Å²) in [5, 5.41) is 0. The molecule has 0 radical (unpaired) electrons. The number of halogens is 1. The average Bonchev–Trinajstić information content (AvgIpc) is 2.42. The van der Waals surface area contributed by atoms with E-state index in [0.29, 0.717) is 0 Å². The predicted octanol–water partition coefficient (Wildman–Crippen LogP) is 2.74. The summed E-state index contributed by atoms with van der Waals surface area (Å²) >= 11 is 3.54. The largest absolute Gasteiger partial charge is 0.103 e. The van der Waals surface area contributed by atoms with Crippen LogP contribution in [0.1, 0.15) is 19.3 Å². The zero-order valence-electron chi connectivity index (χ0n) is 4.94. The van der Waals surface area contributed by atoms with Gasteiger partial charge in [-0.1, -0.05) is 22.0 Å². The lowest BCUT2D eigenvalue weighted by atomic mass is 10.2. The highest BCUT2D eigenvalue weighted by Gasteiger charge is 2.32. The molecule has 0 N–H and O–H groups in total. The van der Waals surface area contributed by atoms with E-state index in [1.165, 1.54) is 19.3 Å². The first-order valence-corrected chi connectivity index (χ1v) is 4.01. The Morgan fingerprint density at radius 3 is 2.75 bits per heavy atom. The monoisotopic (exact) mass is 174 g/mol. The van der Waals surface area contributed by atoms with Gasteiger partial charge in [-0.2, -0.15) is 0 Å². The van der Waals surface area contributed by atoms with Crippen LogP contribution in [-0.4, -0.2) is 4.83 Å². The van der Waals surface area contributed by atoms with Gasteiger partial charge in [0, 0.05) is 4.83 Å². The van der Waals surface area contributed by atoms with E-state index in [4.69, 9.17) is 0 Å². The Morgan fingerprint density at radius 1 is 1.75 bits per heavy atom. The Balaban J connectivity index is 1.97. The van der Waals surface area contributed by atoms with Crippen LogP contribution in [0.3, 0.4) is 0 Å². The van der Waals surface area contributed by atoms with E-state index in [-0.39, 0.29) is 0 Å². The van der Waals surface area contributed by atoms with Crippen LogP contribution in [0.4, 0.5) is 0 Å². The summed E-state index contributed by atoms with van der Waals surface area (Å²) in [7, 11) is 0. The van der Waals surface area contributed by atoms with Crippen LogP contribution in [0.5, 0.6) is 0 Å². The molecule has 0 saturated heterocycles. The third kappa shape index (κ3) is 1.62. The molecule has 1 fully saturated rings. The van der Waals surface area contributed by atoms with Gasteiger partial charge in [-0.15, -0.1) is 6.58 Å². The number of hydrogen-bond acceptors (Lipinski definition) is 0. The smallest absolute Gasteiger partial charge is 0.0177 e. The van der Waals surface area contributed by atoms with Gasteiger partial charge in [-0.25, -0.2) is 0 Å². The van der Waals surface area contributed by atoms with Gasteiger partial charge in [0.1, 0.15) is 0 Å². The molecule has 0 heterocycles. The molecule has 0 aromatic heterocycles. The SMILES string of the molecule is C=CCCC1CC1Br. The first kappa shape index (κ1) is 6.34. The number of rotatable bonds is 3. The molecule has 2 atom stereocenters. The van der Waals surface area contributed by atoms with Crippen molar-refractivity contribution in [2.24, 2.45) is 5.92 Å². The summed E-state index contributed by atoms with van der Waals surface area (Å²) < 4.78 is 0. The van der Waals surface area contributed by atoms with Gasteiger partial charge in [0.25, 0.3) is 0 Å². The minimum absolute atomic E-state index is 0.836. The normalized spacial score (nSPS) is 34.6. The molecule has 1 rings (SSSR count). The second-order valence-electron chi connectivity index (χ2n) is 2.38. The van der Waals surface area contributed by atoms with E-state index in [2.05, 4.69) is 22.5 Å². The van der Waals surface area contributed by atoms with E-state index >= 15 is 0 Å². The van der Waals surface area contributed by atoms with Crippen molar-refractivity contribution in [3.05, 3.63) is 12.7 Å². The first-order valence-electron chi connectivity index (χ1n) is 3.09. The predicted molar refractivity (Wildman–Crippen MR) is 40.3 cm³/mol. The molecule has 1 saturated carbocycles. The molecular formula is C7H11Br. The van der Waals surface area contributed by atoms with Crippen molar-refractivity contribution < 1.29 is 0 Å². The van der Waals surface area contributed by atoms with E-state index in [1.807, 2.05) is 6.08 Å². The van der Waals surface area contributed by atoms with Gasteiger partial charge in [0.15, 0.2) is 0 Å². The van der Waals surface area contributed by atoms with E-state index in [9.17, 15) is 0 Å². The highest BCUT2D eigenvalue weighted by atomic mass is 79.9. The highest BCUT2D eigenvalue weighted by Crippen LogP contribution is 2.40. The molecule has 0 amide bonds. The molecule has 2 unspecified atom stereocenters. The third-order valence-corrected chi connectivity index (χ3v) is 2.70. The molecule has 1 heteroatoms. The van der Waals surface area contributed by atoms with Gasteiger partial charge < -0.3 is 0 Å². The molecular weight excluding hydrogens is 164 g/mol. The minimum atomic E-state index is 0.836. The summed E-state index contributed by atoms with van der Waals surface area (Å²) in [4.78, 5) is 0.836. The second-order valence-corrected chi connectivity index (χ2v) is 3.55. The van der Waals surface area contributed by atoms with Crippen LogP contribution >= 0.6 is 15.9 Å². The van der Waals surface area contributed by atoms with Crippen molar-refractivity contribution in [2.75, 3.05) is 0 Å².